The molecular weight excluding hydrogens is 286 g/mol. The molecule has 1 aromatic rings. The van der Waals surface area contributed by atoms with E-state index in [9.17, 15) is 9.59 Å². The number of amides is 1. The van der Waals surface area contributed by atoms with Crippen molar-refractivity contribution in [3.63, 3.8) is 0 Å². The van der Waals surface area contributed by atoms with Gasteiger partial charge in [0.25, 0.3) is 0 Å². The highest BCUT2D eigenvalue weighted by Gasteiger charge is 2.27. The molecule has 1 N–H and O–H groups in total. The number of alkyl halides is 1. The number of benzene rings is 1. The quantitative estimate of drug-likeness (QED) is 0.621. The van der Waals surface area contributed by atoms with Crippen molar-refractivity contribution in [2.45, 2.75) is 17.9 Å². The number of nitrogens with zero attached hydrogens (tertiary/aromatic N) is 1. The van der Waals surface area contributed by atoms with Gasteiger partial charge in [0.1, 0.15) is 6.04 Å². The molecule has 1 rings (SSSR count). The molecule has 1 atom stereocenters. The minimum Gasteiger partial charge on any atom is -0.465 e. The van der Waals surface area contributed by atoms with Gasteiger partial charge in [-0.05, 0) is 19.1 Å². The van der Waals surface area contributed by atoms with Gasteiger partial charge < -0.3 is 5.11 Å². The Labute approximate surface area is 121 Å². The second-order valence-electron chi connectivity index (χ2n) is 3.81. The normalized spacial score (nSPS) is 11.9. The Morgan fingerprint density at radius 1 is 1.37 bits per heavy atom. The van der Waals surface area contributed by atoms with Crippen molar-refractivity contribution in [1.82, 2.24) is 4.90 Å². The van der Waals surface area contributed by atoms with E-state index in [1.54, 1.807) is 6.92 Å². The fraction of sp³-hybridized carbons (Fsp3) is 0.385. The first kappa shape index (κ1) is 15.9. The average molecular weight is 302 g/mol. The lowest BCUT2D eigenvalue weighted by molar-refractivity contribution is -0.120. The largest absolute Gasteiger partial charge is 0.465 e. The van der Waals surface area contributed by atoms with Gasteiger partial charge in [0, 0.05) is 17.2 Å². The number of carbonyl (C=O) groups excluding carboxylic acids is 1. The Kier molecular flexibility index (Phi) is 6.73. The average Bonchev–Trinajstić information content (AvgIpc) is 2.43. The molecule has 6 heteroatoms. The maximum absolute atomic E-state index is 11.8. The van der Waals surface area contributed by atoms with Crippen LogP contribution < -0.4 is 0 Å². The number of carbonyl (C=O) groups is 2. The van der Waals surface area contributed by atoms with E-state index in [-0.39, 0.29) is 18.2 Å². The molecule has 0 fully saturated rings. The molecule has 0 bridgehead atoms. The van der Waals surface area contributed by atoms with Crippen molar-refractivity contribution >= 4 is 35.2 Å². The molecule has 0 spiro atoms. The zero-order chi connectivity index (χ0) is 14.3. The van der Waals surface area contributed by atoms with Gasteiger partial charge in [0.05, 0.1) is 5.88 Å². The maximum Gasteiger partial charge on any atom is 0.407 e. The molecular formula is C13H16ClNO3S. The molecule has 1 amide bonds. The van der Waals surface area contributed by atoms with Crippen LogP contribution in [0.15, 0.2) is 35.2 Å². The van der Waals surface area contributed by atoms with Crippen LogP contribution in [0.4, 0.5) is 4.79 Å². The van der Waals surface area contributed by atoms with E-state index in [2.05, 4.69) is 0 Å². The number of ketones is 1. The number of likely N-dealkylation sites (N-methyl/N-ethyl adjacent to an activating group) is 1. The number of rotatable bonds is 7. The van der Waals surface area contributed by atoms with E-state index in [1.165, 1.54) is 11.8 Å². The van der Waals surface area contributed by atoms with Crippen LogP contribution in [0, 0.1) is 0 Å². The number of halogens is 1. The van der Waals surface area contributed by atoms with E-state index in [1.807, 2.05) is 30.3 Å². The van der Waals surface area contributed by atoms with Gasteiger partial charge in [-0.1, -0.05) is 18.2 Å². The SMILES string of the molecule is CCN(C(=O)O)[C@@H](CSc1ccccc1)C(=O)CCl. The monoisotopic (exact) mass is 301 g/mol. The molecule has 0 unspecified atom stereocenters. The minimum absolute atomic E-state index is 0.177. The third-order valence-electron chi connectivity index (χ3n) is 2.62. The Morgan fingerprint density at radius 3 is 2.47 bits per heavy atom. The van der Waals surface area contributed by atoms with Gasteiger partial charge >= 0.3 is 6.09 Å². The second-order valence-corrected chi connectivity index (χ2v) is 5.17. The molecule has 0 saturated carbocycles. The van der Waals surface area contributed by atoms with Gasteiger partial charge in [-0.3, -0.25) is 9.69 Å². The maximum atomic E-state index is 11.8. The molecule has 0 aliphatic carbocycles. The van der Waals surface area contributed by atoms with Gasteiger partial charge in [0.2, 0.25) is 0 Å². The van der Waals surface area contributed by atoms with Gasteiger partial charge in [-0.2, -0.15) is 0 Å². The number of Topliss-reactive ketones (excluding diaryl/α,β-unsaturated/α-hetero) is 1. The summed E-state index contributed by atoms with van der Waals surface area (Å²) in [6.45, 7) is 1.97. The Morgan fingerprint density at radius 2 is 2.00 bits per heavy atom. The predicted octanol–water partition coefficient (Wildman–Crippen LogP) is 2.96. The Bertz CT molecular complexity index is 427. The topological polar surface area (TPSA) is 57.6 Å². The highest BCUT2D eigenvalue weighted by molar-refractivity contribution is 7.99. The Hall–Kier alpha value is -1.20. The van der Waals surface area contributed by atoms with Crippen molar-refractivity contribution in [1.29, 1.82) is 0 Å². The Balaban J connectivity index is 2.75. The lowest BCUT2D eigenvalue weighted by Crippen LogP contribution is -2.46. The zero-order valence-corrected chi connectivity index (χ0v) is 12.2. The molecule has 104 valence electrons. The molecule has 19 heavy (non-hydrogen) atoms. The molecule has 0 aliphatic heterocycles. The predicted molar refractivity (Wildman–Crippen MR) is 77.1 cm³/mol. The van der Waals surface area contributed by atoms with Crippen molar-refractivity contribution in [3.05, 3.63) is 30.3 Å². The minimum atomic E-state index is -1.10. The summed E-state index contributed by atoms with van der Waals surface area (Å²) in [4.78, 5) is 25.0. The number of carboxylic acid groups (broad SMARTS) is 1. The van der Waals surface area contributed by atoms with Crippen molar-refractivity contribution in [2.24, 2.45) is 0 Å². The van der Waals surface area contributed by atoms with Gasteiger partial charge in [0.15, 0.2) is 5.78 Å². The van der Waals surface area contributed by atoms with Gasteiger partial charge in [-0.15, -0.1) is 23.4 Å². The molecule has 0 saturated heterocycles. The van der Waals surface area contributed by atoms with Crippen LogP contribution in [0.5, 0.6) is 0 Å². The van der Waals surface area contributed by atoms with Crippen LogP contribution in [0.2, 0.25) is 0 Å². The first-order valence-electron chi connectivity index (χ1n) is 5.86. The number of hydrogen-bond donors (Lipinski definition) is 1. The van der Waals surface area contributed by atoms with E-state index >= 15 is 0 Å². The van der Waals surface area contributed by atoms with E-state index in [0.29, 0.717) is 5.75 Å². The first-order valence-corrected chi connectivity index (χ1v) is 7.38. The fourth-order valence-electron chi connectivity index (χ4n) is 1.63. The summed E-state index contributed by atoms with van der Waals surface area (Å²) < 4.78 is 0. The molecule has 0 radical (unpaired) electrons. The summed E-state index contributed by atoms with van der Waals surface area (Å²) >= 11 is 7.00. The van der Waals surface area contributed by atoms with Crippen molar-refractivity contribution in [3.8, 4) is 0 Å². The molecule has 0 heterocycles. The van der Waals surface area contributed by atoms with Crippen LogP contribution in [-0.4, -0.2) is 46.1 Å². The van der Waals surface area contributed by atoms with Crippen LogP contribution in [0.1, 0.15) is 6.92 Å². The van der Waals surface area contributed by atoms with Crippen LogP contribution in [0.3, 0.4) is 0 Å². The summed E-state index contributed by atoms with van der Waals surface area (Å²) in [5.41, 5.74) is 0. The standard InChI is InChI=1S/C13H16ClNO3S/c1-2-15(13(17)18)11(12(16)8-14)9-19-10-6-4-3-5-7-10/h3-7,11H,2,8-9H2,1H3,(H,17,18)/t11-/m0/s1. The van der Waals surface area contributed by atoms with E-state index in [4.69, 9.17) is 16.7 Å². The third-order valence-corrected chi connectivity index (χ3v) is 3.97. The lowest BCUT2D eigenvalue weighted by atomic mass is 10.2. The molecule has 4 nitrogen and oxygen atoms in total. The third kappa shape index (κ3) is 4.76. The van der Waals surface area contributed by atoms with Crippen molar-refractivity contribution in [2.75, 3.05) is 18.2 Å². The molecule has 1 aromatic carbocycles. The van der Waals surface area contributed by atoms with E-state index < -0.39 is 12.1 Å². The highest BCUT2D eigenvalue weighted by Crippen LogP contribution is 2.20. The van der Waals surface area contributed by atoms with E-state index in [0.717, 1.165) is 9.80 Å². The van der Waals surface area contributed by atoms with Crippen LogP contribution in [-0.2, 0) is 4.79 Å². The summed E-state index contributed by atoms with van der Waals surface area (Å²) in [7, 11) is 0. The van der Waals surface area contributed by atoms with Crippen LogP contribution >= 0.6 is 23.4 Å². The number of hydrogen-bond acceptors (Lipinski definition) is 3. The second kappa shape index (κ2) is 8.07. The fourth-order valence-corrected chi connectivity index (χ4v) is 2.87. The highest BCUT2D eigenvalue weighted by atomic mass is 35.5. The summed E-state index contributed by atoms with van der Waals surface area (Å²) in [5, 5.41) is 9.11. The molecule has 0 aromatic heterocycles. The van der Waals surface area contributed by atoms with Gasteiger partial charge in [-0.25, -0.2) is 4.79 Å². The van der Waals surface area contributed by atoms with Crippen LogP contribution in [0.25, 0.3) is 0 Å². The summed E-state index contributed by atoms with van der Waals surface area (Å²) in [6.07, 6.45) is -1.10. The summed E-state index contributed by atoms with van der Waals surface area (Å²) in [5.74, 6) is -0.0752. The molecule has 0 aliphatic rings. The number of thioether (sulfide) groups is 1. The van der Waals surface area contributed by atoms with Crippen molar-refractivity contribution < 1.29 is 14.7 Å². The zero-order valence-electron chi connectivity index (χ0n) is 10.6. The summed E-state index contributed by atoms with van der Waals surface area (Å²) in [6, 6.07) is 8.84. The lowest BCUT2D eigenvalue weighted by Gasteiger charge is -2.26. The smallest absolute Gasteiger partial charge is 0.407 e. The first-order chi connectivity index (χ1) is 9.10.